The van der Waals surface area contributed by atoms with Crippen LogP contribution in [0.4, 0.5) is 0 Å². The van der Waals surface area contributed by atoms with Crippen LogP contribution >= 0.6 is 11.3 Å². The number of fused-ring (bicyclic) bond motifs is 1. The Labute approximate surface area is 128 Å². The first kappa shape index (κ1) is 14.3. The summed E-state index contributed by atoms with van der Waals surface area (Å²) in [5.74, 6) is 0. The number of nitrogens with zero attached hydrogens (tertiary/aromatic N) is 3. The van der Waals surface area contributed by atoms with Crippen molar-refractivity contribution < 1.29 is 0 Å². The number of benzene rings is 1. The highest BCUT2D eigenvalue weighted by Gasteiger charge is 2.10. The molecule has 0 atom stereocenters. The molecule has 0 unspecified atom stereocenters. The molecule has 5 heteroatoms. The Hall–Kier alpha value is -1.69. The molecule has 0 fully saturated rings. The Balaban J connectivity index is 1.70. The van der Waals surface area contributed by atoms with Gasteiger partial charge in [0.2, 0.25) is 0 Å². The van der Waals surface area contributed by atoms with E-state index in [2.05, 4.69) is 62.4 Å². The lowest BCUT2D eigenvalue weighted by Crippen LogP contribution is -2.25. The van der Waals surface area contributed by atoms with Gasteiger partial charge in [-0.1, -0.05) is 30.3 Å². The molecule has 1 aromatic carbocycles. The standard InChI is InChI=1S/C16H20N4S/c17-7-4-8-19(11-14-5-2-1-3-6-14)12-15-13-20-9-10-21-16(20)18-15/h1-3,5-6,9-10,13H,4,7-8,11-12,17H2. The number of aromatic nitrogens is 2. The first-order valence-corrected chi connectivity index (χ1v) is 8.10. The first-order chi connectivity index (χ1) is 10.3. The van der Waals surface area contributed by atoms with Gasteiger partial charge in [0, 0.05) is 37.4 Å². The van der Waals surface area contributed by atoms with Crippen LogP contribution in [0.25, 0.3) is 4.96 Å². The van der Waals surface area contributed by atoms with E-state index in [1.165, 1.54) is 5.56 Å². The summed E-state index contributed by atoms with van der Waals surface area (Å²) in [6, 6.07) is 10.6. The molecule has 4 nitrogen and oxygen atoms in total. The van der Waals surface area contributed by atoms with Gasteiger partial charge in [-0.05, 0) is 18.5 Å². The number of thiazole rings is 1. The highest BCUT2D eigenvalue weighted by atomic mass is 32.1. The average Bonchev–Trinajstić information content (AvgIpc) is 3.07. The maximum Gasteiger partial charge on any atom is 0.193 e. The van der Waals surface area contributed by atoms with E-state index in [9.17, 15) is 0 Å². The van der Waals surface area contributed by atoms with Gasteiger partial charge in [0.1, 0.15) is 0 Å². The van der Waals surface area contributed by atoms with Crippen LogP contribution in [-0.2, 0) is 13.1 Å². The summed E-state index contributed by atoms with van der Waals surface area (Å²) in [7, 11) is 0. The third-order valence-corrected chi connectivity index (χ3v) is 4.23. The molecule has 110 valence electrons. The third-order valence-electron chi connectivity index (χ3n) is 3.46. The van der Waals surface area contributed by atoms with Crippen molar-refractivity contribution in [2.24, 2.45) is 5.73 Å². The lowest BCUT2D eigenvalue weighted by molar-refractivity contribution is 0.252. The Morgan fingerprint density at radius 1 is 1.19 bits per heavy atom. The zero-order valence-electron chi connectivity index (χ0n) is 12.0. The van der Waals surface area contributed by atoms with Crippen LogP contribution in [0.3, 0.4) is 0 Å². The summed E-state index contributed by atoms with van der Waals surface area (Å²) >= 11 is 1.67. The Kier molecular flexibility index (Phi) is 4.65. The molecule has 0 saturated heterocycles. The SMILES string of the molecule is NCCCN(Cc1ccccc1)Cc1cn2ccsc2n1. The monoisotopic (exact) mass is 300 g/mol. The highest BCUT2D eigenvalue weighted by Crippen LogP contribution is 2.14. The van der Waals surface area contributed by atoms with Crippen LogP contribution in [0.5, 0.6) is 0 Å². The second kappa shape index (κ2) is 6.85. The third kappa shape index (κ3) is 3.69. The Morgan fingerprint density at radius 3 is 2.81 bits per heavy atom. The van der Waals surface area contributed by atoms with Crippen LogP contribution in [-0.4, -0.2) is 27.4 Å². The summed E-state index contributed by atoms with van der Waals surface area (Å²) in [5, 5.41) is 2.06. The van der Waals surface area contributed by atoms with E-state index in [0.29, 0.717) is 0 Å². The minimum Gasteiger partial charge on any atom is -0.330 e. The molecule has 3 aromatic rings. The van der Waals surface area contributed by atoms with Gasteiger partial charge in [0.15, 0.2) is 4.96 Å². The van der Waals surface area contributed by atoms with E-state index < -0.39 is 0 Å². The second-order valence-corrected chi connectivity index (χ2v) is 6.04. The van der Waals surface area contributed by atoms with Crippen molar-refractivity contribution in [1.82, 2.24) is 14.3 Å². The summed E-state index contributed by atoms with van der Waals surface area (Å²) in [5.41, 5.74) is 8.11. The van der Waals surface area contributed by atoms with E-state index >= 15 is 0 Å². The number of nitrogens with two attached hydrogens (primary N) is 1. The maximum atomic E-state index is 5.66. The van der Waals surface area contributed by atoms with Crippen molar-refractivity contribution in [3.05, 3.63) is 59.4 Å². The fourth-order valence-electron chi connectivity index (χ4n) is 2.45. The quantitative estimate of drug-likeness (QED) is 0.730. The number of imidazole rings is 1. The molecule has 2 N–H and O–H groups in total. The van der Waals surface area contributed by atoms with Gasteiger partial charge in [-0.25, -0.2) is 4.98 Å². The Morgan fingerprint density at radius 2 is 2.05 bits per heavy atom. The highest BCUT2D eigenvalue weighted by molar-refractivity contribution is 7.15. The first-order valence-electron chi connectivity index (χ1n) is 7.22. The molecule has 21 heavy (non-hydrogen) atoms. The van der Waals surface area contributed by atoms with Gasteiger partial charge in [-0.3, -0.25) is 9.30 Å². The van der Waals surface area contributed by atoms with Crippen LogP contribution in [0, 0.1) is 0 Å². The van der Waals surface area contributed by atoms with Gasteiger partial charge in [-0.15, -0.1) is 11.3 Å². The van der Waals surface area contributed by atoms with Crippen LogP contribution < -0.4 is 5.73 Å². The lowest BCUT2D eigenvalue weighted by Gasteiger charge is -2.21. The number of hydrogen-bond donors (Lipinski definition) is 1. The molecular weight excluding hydrogens is 280 g/mol. The Bertz CT molecular complexity index is 645. The predicted octanol–water partition coefficient (Wildman–Crippen LogP) is 2.75. The van der Waals surface area contributed by atoms with E-state index in [0.717, 1.165) is 43.3 Å². The van der Waals surface area contributed by atoms with Crippen molar-refractivity contribution in [1.29, 1.82) is 0 Å². The average molecular weight is 300 g/mol. The molecule has 0 saturated carbocycles. The molecule has 2 heterocycles. The summed E-state index contributed by atoms with van der Waals surface area (Å²) in [6.45, 7) is 3.52. The normalized spacial score (nSPS) is 11.5. The molecule has 0 spiro atoms. The molecule has 0 radical (unpaired) electrons. The molecule has 0 aliphatic heterocycles. The van der Waals surface area contributed by atoms with Crippen molar-refractivity contribution in [2.45, 2.75) is 19.5 Å². The summed E-state index contributed by atoms with van der Waals surface area (Å²) in [6.07, 6.45) is 5.18. The van der Waals surface area contributed by atoms with Crippen molar-refractivity contribution in [2.75, 3.05) is 13.1 Å². The van der Waals surface area contributed by atoms with Crippen molar-refractivity contribution in [3.63, 3.8) is 0 Å². The van der Waals surface area contributed by atoms with Gasteiger partial charge in [-0.2, -0.15) is 0 Å². The van der Waals surface area contributed by atoms with Gasteiger partial charge in [0.05, 0.1) is 5.69 Å². The van der Waals surface area contributed by atoms with Crippen LogP contribution in [0.2, 0.25) is 0 Å². The summed E-state index contributed by atoms with van der Waals surface area (Å²) in [4.78, 5) is 8.14. The minimum atomic E-state index is 0.726. The molecule has 3 rings (SSSR count). The van der Waals surface area contributed by atoms with Crippen molar-refractivity contribution >= 4 is 16.3 Å². The fourth-order valence-corrected chi connectivity index (χ4v) is 3.17. The van der Waals surface area contributed by atoms with Gasteiger partial charge >= 0.3 is 0 Å². The largest absolute Gasteiger partial charge is 0.330 e. The minimum absolute atomic E-state index is 0.726. The summed E-state index contributed by atoms with van der Waals surface area (Å²) < 4.78 is 2.09. The number of rotatable bonds is 7. The smallest absolute Gasteiger partial charge is 0.193 e. The van der Waals surface area contributed by atoms with E-state index in [1.54, 1.807) is 11.3 Å². The second-order valence-electron chi connectivity index (χ2n) is 5.16. The molecule has 0 amide bonds. The fraction of sp³-hybridized carbons (Fsp3) is 0.312. The molecular formula is C16H20N4S. The van der Waals surface area contributed by atoms with Crippen LogP contribution in [0.15, 0.2) is 48.1 Å². The zero-order chi connectivity index (χ0) is 14.5. The molecule has 0 aliphatic carbocycles. The number of hydrogen-bond acceptors (Lipinski definition) is 4. The van der Waals surface area contributed by atoms with E-state index in [4.69, 9.17) is 5.73 Å². The van der Waals surface area contributed by atoms with Crippen molar-refractivity contribution in [3.8, 4) is 0 Å². The molecule has 2 aromatic heterocycles. The topological polar surface area (TPSA) is 46.6 Å². The molecule has 0 bridgehead atoms. The van der Waals surface area contributed by atoms with Gasteiger partial charge < -0.3 is 5.73 Å². The lowest BCUT2D eigenvalue weighted by atomic mass is 10.2. The zero-order valence-corrected chi connectivity index (χ0v) is 12.8. The van der Waals surface area contributed by atoms with E-state index in [-0.39, 0.29) is 0 Å². The predicted molar refractivity (Wildman–Crippen MR) is 87.3 cm³/mol. The van der Waals surface area contributed by atoms with Gasteiger partial charge in [0.25, 0.3) is 0 Å². The molecule has 0 aliphatic rings. The van der Waals surface area contributed by atoms with Crippen LogP contribution in [0.1, 0.15) is 17.7 Å². The maximum absolute atomic E-state index is 5.66. The van der Waals surface area contributed by atoms with E-state index in [1.807, 2.05) is 0 Å².